The van der Waals surface area contributed by atoms with E-state index in [1.165, 1.54) is 0 Å². The van der Waals surface area contributed by atoms with Gasteiger partial charge in [-0.3, -0.25) is 20.4 Å². The van der Waals surface area contributed by atoms with Crippen LogP contribution < -0.4 is 15.6 Å². The minimum atomic E-state index is -0.403. The Kier molecular flexibility index (Phi) is 5.35. The van der Waals surface area contributed by atoms with E-state index in [0.29, 0.717) is 29.4 Å². The van der Waals surface area contributed by atoms with Crippen molar-refractivity contribution in [2.45, 2.75) is 27.2 Å². The second kappa shape index (κ2) is 7.44. The summed E-state index contributed by atoms with van der Waals surface area (Å²) in [5.74, 6) is 0.529. The number of rotatable bonds is 5. The average Bonchev–Trinajstić information content (AvgIpc) is 2.85. The van der Waals surface area contributed by atoms with Crippen molar-refractivity contribution in [3.8, 4) is 5.75 Å². The second-order valence-corrected chi connectivity index (χ2v) is 4.94. The third-order valence-electron chi connectivity index (χ3n) is 3.26. The van der Waals surface area contributed by atoms with E-state index in [1.54, 1.807) is 38.1 Å². The number of amides is 2. The van der Waals surface area contributed by atoms with E-state index in [2.05, 4.69) is 16.0 Å². The standard InChI is InChI=1S/C16H19N3O4/c1-4-22-13-7-5-12(6-8-13)16(21)18-17-15(20)9-14-10(2)19-23-11(14)3/h5-8H,4,9H2,1-3H3,(H,17,20)(H,18,21). The highest BCUT2D eigenvalue weighted by atomic mass is 16.5. The zero-order chi connectivity index (χ0) is 16.8. The summed E-state index contributed by atoms with van der Waals surface area (Å²) in [7, 11) is 0. The van der Waals surface area contributed by atoms with Crippen LogP contribution in [0.2, 0.25) is 0 Å². The number of carbonyl (C=O) groups is 2. The van der Waals surface area contributed by atoms with Crippen LogP contribution in [0.3, 0.4) is 0 Å². The molecule has 0 fully saturated rings. The summed E-state index contributed by atoms with van der Waals surface area (Å²) >= 11 is 0. The number of hydrazine groups is 1. The second-order valence-electron chi connectivity index (χ2n) is 4.94. The third kappa shape index (κ3) is 4.32. The van der Waals surface area contributed by atoms with Crippen molar-refractivity contribution in [2.24, 2.45) is 0 Å². The molecular weight excluding hydrogens is 298 g/mol. The highest BCUT2D eigenvalue weighted by Gasteiger charge is 2.14. The Hall–Kier alpha value is -2.83. The molecule has 2 N–H and O–H groups in total. The van der Waals surface area contributed by atoms with Crippen molar-refractivity contribution < 1.29 is 18.8 Å². The molecule has 2 aromatic rings. The molecule has 1 aromatic heterocycles. The summed E-state index contributed by atoms with van der Waals surface area (Å²) in [4.78, 5) is 23.8. The summed E-state index contributed by atoms with van der Waals surface area (Å²) in [5, 5.41) is 3.78. The van der Waals surface area contributed by atoms with Gasteiger partial charge in [0.05, 0.1) is 18.7 Å². The lowest BCUT2D eigenvalue weighted by Gasteiger charge is -2.08. The molecule has 0 spiro atoms. The van der Waals surface area contributed by atoms with Crippen molar-refractivity contribution >= 4 is 11.8 Å². The first-order chi connectivity index (χ1) is 11.0. The van der Waals surface area contributed by atoms with Crippen molar-refractivity contribution in [2.75, 3.05) is 6.61 Å². The number of nitrogens with one attached hydrogen (secondary N) is 2. The van der Waals surface area contributed by atoms with Gasteiger partial charge in [0.1, 0.15) is 11.5 Å². The van der Waals surface area contributed by atoms with Crippen LogP contribution in [0.15, 0.2) is 28.8 Å². The van der Waals surface area contributed by atoms with Gasteiger partial charge >= 0.3 is 0 Å². The first-order valence-electron chi connectivity index (χ1n) is 7.25. The zero-order valence-corrected chi connectivity index (χ0v) is 13.3. The van der Waals surface area contributed by atoms with Crippen LogP contribution in [0.1, 0.15) is 34.3 Å². The van der Waals surface area contributed by atoms with E-state index in [1.807, 2.05) is 6.92 Å². The minimum absolute atomic E-state index is 0.0880. The molecule has 0 bridgehead atoms. The predicted octanol–water partition coefficient (Wildman–Crippen LogP) is 1.69. The Morgan fingerprint density at radius 2 is 1.87 bits per heavy atom. The van der Waals surface area contributed by atoms with Crippen LogP contribution in [0, 0.1) is 13.8 Å². The molecule has 0 saturated carbocycles. The van der Waals surface area contributed by atoms with Gasteiger partial charge in [-0.05, 0) is 45.0 Å². The molecule has 0 saturated heterocycles. The van der Waals surface area contributed by atoms with Crippen molar-refractivity contribution in [3.63, 3.8) is 0 Å². The number of ether oxygens (including phenoxy) is 1. The molecule has 2 amide bonds. The Labute approximate surface area is 134 Å². The number of aryl methyl sites for hydroxylation is 2. The van der Waals surface area contributed by atoms with E-state index < -0.39 is 5.91 Å². The summed E-state index contributed by atoms with van der Waals surface area (Å²) in [6.45, 7) is 5.94. The lowest BCUT2D eigenvalue weighted by atomic mass is 10.1. The smallest absolute Gasteiger partial charge is 0.269 e. The van der Waals surface area contributed by atoms with Crippen LogP contribution >= 0.6 is 0 Å². The third-order valence-corrected chi connectivity index (χ3v) is 3.26. The first-order valence-corrected chi connectivity index (χ1v) is 7.25. The van der Waals surface area contributed by atoms with Gasteiger partial charge in [-0.1, -0.05) is 5.16 Å². The molecule has 0 unspecified atom stereocenters. The number of hydrogen-bond donors (Lipinski definition) is 2. The van der Waals surface area contributed by atoms with Gasteiger partial charge in [0.25, 0.3) is 5.91 Å². The molecule has 0 aliphatic carbocycles. The Morgan fingerprint density at radius 1 is 1.17 bits per heavy atom. The number of benzene rings is 1. The monoisotopic (exact) mass is 317 g/mol. The molecule has 1 aromatic carbocycles. The van der Waals surface area contributed by atoms with E-state index in [4.69, 9.17) is 9.26 Å². The average molecular weight is 317 g/mol. The molecule has 0 aliphatic heterocycles. The van der Waals surface area contributed by atoms with E-state index in [9.17, 15) is 9.59 Å². The van der Waals surface area contributed by atoms with Gasteiger partial charge in [0, 0.05) is 11.1 Å². The highest BCUT2D eigenvalue weighted by molar-refractivity contribution is 5.95. The maximum Gasteiger partial charge on any atom is 0.269 e. The van der Waals surface area contributed by atoms with Gasteiger partial charge in [-0.2, -0.15) is 0 Å². The minimum Gasteiger partial charge on any atom is -0.494 e. The summed E-state index contributed by atoms with van der Waals surface area (Å²) < 4.78 is 10.3. The van der Waals surface area contributed by atoms with Gasteiger partial charge in [-0.15, -0.1) is 0 Å². The fourth-order valence-electron chi connectivity index (χ4n) is 2.03. The Balaban J connectivity index is 1.87. The Morgan fingerprint density at radius 3 is 2.43 bits per heavy atom. The fraction of sp³-hybridized carbons (Fsp3) is 0.312. The molecule has 0 aliphatic rings. The zero-order valence-electron chi connectivity index (χ0n) is 13.3. The van der Waals surface area contributed by atoms with E-state index in [-0.39, 0.29) is 12.3 Å². The molecule has 7 nitrogen and oxygen atoms in total. The summed E-state index contributed by atoms with van der Waals surface area (Å²) in [6, 6.07) is 6.65. The number of aromatic nitrogens is 1. The largest absolute Gasteiger partial charge is 0.494 e. The van der Waals surface area contributed by atoms with Crippen LogP contribution in [0.5, 0.6) is 5.75 Å². The molecule has 2 rings (SSSR count). The van der Waals surface area contributed by atoms with Crippen molar-refractivity contribution in [1.29, 1.82) is 0 Å². The van der Waals surface area contributed by atoms with E-state index >= 15 is 0 Å². The maximum atomic E-state index is 12.0. The van der Waals surface area contributed by atoms with Gasteiger partial charge in [0.2, 0.25) is 5.91 Å². The van der Waals surface area contributed by atoms with Gasteiger partial charge < -0.3 is 9.26 Å². The summed E-state index contributed by atoms with van der Waals surface area (Å²) in [5.41, 5.74) is 6.55. The SMILES string of the molecule is CCOc1ccc(C(=O)NNC(=O)Cc2c(C)noc2C)cc1. The Bertz CT molecular complexity index is 672. The fourth-order valence-corrected chi connectivity index (χ4v) is 2.03. The number of hydrogen-bond acceptors (Lipinski definition) is 5. The predicted molar refractivity (Wildman–Crippen MR) is 82.9 cm³/mol. The molecule has 7 heteroatoms. The van der Waals surface area contributed by atoms with E-state index in [0.717, 1.165) is 5.56 Å². The first kappa shape index (κ1) is 16.5. The van der Waals surface area contributed by atoms with Crippen LogP contribution in [0.4, 0.5) is 0 Å². The lowest BCUT2D eigenvalue weighted by molar-refractivity contribution is -0.121. The van der Waals surface area contributed by atoms with Crippen LogP contribution in [-0.2, 0) is 11.2 Å². The normalized spacial score (nSPS) is 10.2. The quantitative estimate of drug-likeness (QED) is 0.819. The maximum absolute atomic E-state index is 12.0. The van der Waals surface area contributed by atoms with Crippen LogP contribution in [0.25, 0.3) is 0 Å². The molecule has 23 heavy (non-hydrogen) atoms. The molecular formula is C16H19N3O4. The van der Waals surface area contributed by atoms with Gasteiger partial charge in [-0.25, -0.2) is 0 Å². The molecule has 0 radical (unpaired) electrons. The van der Waals surface area contributed by atoms with Crippen molar-refractivity contribution in [1.82, 2.24) is 16.0 Å². The number of nitrogens with zero attached hydrogens (tertiary/aromatic N) is 1. The van der Waals surface area contributed by atoms with Gasteiger partial charge in [0.15, 0.2) is 0 Å². The highest BCUT2D eigenvalue weighted by Crippen LogP contribution is 2.13. The van der Waals surface area contributed by atoms with Crippen molar-refractivity contribution in [3.05, 3.63) is 46.8 Å². The summed E-state index contributed by atoms with van der Waals surface area (Å²) in [6.07, 6.45) is 0.0880. The molecule has 122 valence electrons. The molecule has 0 atom stereocenters. The molecule has 1 heterocycles. The lowest BCUT2D eigenvalue weighted by Crippen LogP contribution is -2.42. The topological polar surface area (TPSA) is 93.5 Å². The number of carbonyl (C=O) groups excluding carboxylic acids is 2. The van der Waals surface area contributed by atoms with Crippen LogP contribution in [-0.4, -0.2) is 23.6 Å².